The zero-order valence-electron chi connectivity index (χ0n) is 11.2. The summed E-state index contributed by atoms with van der Waals surface area (Å²) < 4.78 is 18.4. The molecule has 2 rings (SSSR count). The smallest absolute Gasteiger partial charge is 0.123 e. The number of methoxy groups -OCH3 is 1. The van der Waals surface area contributed by atoms with Crippen LogP contribution in [0.5, 0.6) is 5.75 Å². The van der Waals surface area contributed by atoms with E-state index in [1.54, 1.807) is 19.2 Å². The van der Waals surface area contributed by atoms with Crippen LogP contribution in [0.25, 0.3) is 0 Å². The molecule has 2 nitrogen and oxygen atoms in total. The van der Waals surface area contributed by atoms with Gasteiger partial charge in [-0.05, 0) is 30.7 Å². The Morgan fingerprint density at radius 3 is 2.68 bits per heavy atom. The second-order valence-corrected chi connectivity index (χ2v) is 4.47. The fourth-order valence-electron chi connectivity index (χ4n) is 2.05. The lowest BCUT2D eigenvalue weighted by atomic mass is 10.1. The summed E-state index contributed by atoms with van der Waals surface area (Å²) in [5, 5.41) is 3.37. The van der Waals surface area contributed by atoms with E-state index in [-0.39, 0.29) is 11.9 Å². The van der Waals surface area contributed by atoms with Crippen molar-refractivity contribution < 1.29 is 9.13 Å². The van der Waals surface area contributed by atoms with Crippen LogP contribution < -0.4 is 10.1 Å². The first-order valence-corrected chi connectivity index (χ1v) is 6.31. The molecule has 0 aromatic heterocycles. The van der Waals surface area contributed by atoms with E-state index in [0.29, 0.717) is 6.54 Å². The first-order chi connectivity index (χ1) is 9.20. The van der Waals surface area contributed by atoms with Gasteiger partial charge in [0, 0.05) is 18.2 Å². The molecular formula is C16H18FNO. The molecule has 0 fully saturated rings. The number of ether oxygens (including phenoxy) is 1. The quantitative estimate of drug-likeness (QED) is 0.884. The minimum absolute atomic E-state index is 0.138. The third-order valence-electron chi connectivity index (χ3n) is 3.11. The molecule has 0 heterocycles. The Morgan fingerprint density at radius 1 is 1.16 bits per heavy atom. The number of nitrogens with one attached hydrogen (secondary N) is 1. The van der Waals surface area contributed by atoms with E-state index in [9.17, 15) is 4.39 Å². The van der Waals surface area contributed by atoms with E-state index in [4.69, 9.17) is 4.74 Å². The second-order valence-electron chi connectivity index (χ2n) is 4.47. The van der Waals surface area contributed by atoms with Crippen LogP contribution in [0.4, 0.5) is 4.39 Å². The molecule has 100 valence electrons. The highest BCUT2D eigenvalue weighted by molar-refractivity contribution is 5.35. The van der Waals surface area contributed by atoms with Crippen LogP contribution in [0, 0.1) is 5.82 Å². The summed E-state index contributed by atoms with van der Waals surface area (Å²) in [7, 11) is 1.66. The average molecular weight is 259 g/mol. The third kappa shape index (κ3) is 3.55. The molecule has 1 N–H and O–H groups in total. The molecule has 0 radical (unpaired) electrons. The van der Waals surface area contributed by atoms with E-state index in [0.717, 1.165) is 16.9 Å². The van der Waals surface area contributed by atoms with Crippen LogP contribution in [-0.4, -0.2) is 7.11 Å². The van der Waals surface area contributed by atoms with Gasteiger partial charge in [0.15, 0.2) is 0 Å². The molecule has 0 aliphatic carbocycles. The van der Waals surface area contributed by atoms with Crippen molar-refractivity contribution in [3.05, 3.63) is 65.5 Å². The van der Waals surface area contributed by atoms with E-state index < -0.39 is 0 Å². The van der Waals surface area contributed by atoms with E-state index in [1.165, 1.54) is 6.07 Å². The Bertz CT molecular complexity index is 542. The largest absolute Gasteiger partial charge is 0.496 e. The SMILES string of the molecule is COc1ccccc1[C@@H](C)NCc1cccc(F)c1. The Balaban J connectivity index is 2.03. The topological polar surface area (TPSA) is 21.3 Å². The Hall–Kier alpha value is -1.87. The first-order valence-electron chi connectivity index (χ1n) is 6.31. The molecule has 0 bridgehead atoms. The maximum absolute atomic E-state index is 13.1. The number of hydrogen-bond donors (Lipinski definition) is 1. The van der Waals surface area contributed by atoms with Crippen molar-refractivity contribution in [2.45, 2.75) is 19.5 Å². The van der Waals surface area contributed by atoms with Gasteiger partial charge in [0.25, 0.3) is 0 Å². The molecule has 0 saturated carbocycles. The summed E-state index contributed by atoms with van der Waals surface area (Å²) in [5.74, 6) is 0.658. The minimum atomic E-state index is -0.204. The van der Waals surface area contributed by atoms with Crippen molar-refractivity contribution in [1.82, 2.24) is 5.32 Å². The van der Waals surface area contributed by atoms with Crippen LogP contribution in [0.3, 0.4) is 0 Å². The molecule has 0 spiro atoms. The van der Waals surface area contributed by atoms with Gasteiger partial charge in [0.1, 0.15) is 11.6 Å². The van der Waals surface area contributed by atoms with Crippen LogP contribution in [0.2, 0.25) is 0 Å². The normalized spacial score (nSPS) is 12.2. The molecule has 2 aromatic carbocycles. The van der Waals surface area contributed by atoms with E-state index in [2.05, 4.69) is 12.2 Å². The fraction of sp³-hybridized carbons (Fsp3) is 0.250. The van der Waals surface area contributed by atoms with Crippen LogP contribution in [-0.2, 0) is 6.54 Å². The van der Waals surface area contributed by atoms with Gasteiger partial charge in [0.2, 0.25) is 0 Å². The summed E-state index contributed by atoms with van der Waals surface area (Å²) >= 11 is 0. The van der Waals surface area contributed by atoms with Crippen molar-refractivity contribution >= 4 is 0 Å². The number of benzene rings is 2. The summed E-state index contributed by atoms with van der Waals surface area (Å²) in [5.41, 5.74) is 2.03. The van der Waals surface area contributed by atoms with E-state index >= 15 is 0 Å². The van der Waals surface area contributed by atoms with Crippen molar-refractivity contribution in [3.8, 4) is 5.75 Å². The summed E-state index contributed by atoms with van der Waals surface area (Å²) in [6, 6.07) is 14.7. The molecule has 0 amide bonds. The van der Waals surface area contributed by atoms with Crippen molar-refractivity contribution in [2.24, 2.45) is 0 Å². The fourth-order valence-corrected chi connectivity index (χ4v) is 2.05. The minimum Gasteiger partial charge on any atom is -0.496 e. The maximum Gasteiger partial charge on any atom is 0.123 e. The van der Waals surface area contributed by atoms with E-state index in [1.807, 2.05) is 30.3 Å². The Morgan fingerprint density at radius 2 is 1.95 bits per heavy atom. The molecule has 0 aliphatic rings. The predicted octanol–water partition coefficient (Wildman–Crippen LogP) is 3.69. The van der Waals surface area contributed by atoms with Gasteiger partial charge in [-0.15, -0.1) is 0 Å². The second kappa shape index (κ2) is 6.34. The van der Waals surface area contributed by atoms with Gasteiger partial charge >= 0.3 is 0 Å². The Labute approximate surface area is 113 Å². The monoisotopic (exact) mass is 259 g/mol. The van der Waals surface area contributed by atoms with Gasteiger partial charge in [-0.25, -0.2) is 4.39 Å². The Kier molecular flexibility index (Phi) is 4.53. The van der Waals surface area contributed by atoms with Crippen LogP contribution in [0.1, 0.15) is 24.1 Å². The molecule has 19 heavy (non-hydrogen) atoms. The zero-order valence-corrected chi connectivity index (χ0v) is 11.2. The highest BCUT2D eigenvalue weighted by Gasteiger charge is 2.10. The van der Waals surface area contributed by atoms with Crippen LogP contribution in [0.15, 0.2) is 48.5 Å². The molecule has 0 aliphatic heterocycles. The number of para-hydroxylation sites is 1. The van der Waals surface area contributed by atoms with Gasteiger partial charge in [0.05, 0.1) is 7.11 Å². The summed E-state index contributed by atoms with van der Waals surface area (Å²) in [6.45, 7) is 2.69. The zero-order chi connectivity index (χ0) is 13.7. The summed E-state index contributed by atoms with van der Waals surface area (Å²) in [6.07, 6.45) is 0. The van der Waals surface area contributed by atoms with Crippen molar-refractivity contribution in [3.63, 3.8) is 0 Å². The van der Waals surface area contributed by atoms with Crippen LogP contribution >= 0.6 is 0 Å². The standard InChI is InChI=1S/C16H18FNO/c1-12(15-8-3-4-9-16(15)19-2)18-11-13-6-5-7-14(17)10-13/h3-10,12,18H,11H2,1-2H3/t12-/m1/s1. The average Bonchev–Trinajstić information content (AvgIpc) is 2.45. The lowest BCUT2D eigenvalue weighted by Crippen LogP contribution is -2.18. The van der Waals surface area contributed by atoms with Gasteiger partial charge < -0.3 is 10.1 Å². The van der Waals surface area contributed by atoms with Gasteiger partial charge in [-0.2, -0.15) is 0 Å². The first kappa shape index (κ1) is 13.6. The molecule has 2 aromatic rings. The molecular weight excluding hydrogens is 241 g/mol. The number of halogens is 1. The highest BCUT2D eigenvalue weighted by Crippen LogP contribution is 2.24. The van der Waals surface area contributed by atoms with Gasteiger partial charge in [-0.1, -0.05) is 30.3 Å². The molecule has 0 saturated heterocycles. The lowest BCUT2D eigenvalue weighted by molar-refractivity contribution is 0.401. The predicted molar refractivity (Wildman–Crippen MR) is 74.6 cm³/mol. The van der Waals surface area contributed by atoms with Crippen molar-refractivity contribution in [2.75, 3.05) is 7.11 Å². The molecule has 3 heteroatoms. The molecule has 1 atom stereocenters. The number of rotatable bonds is 5. The highest BCUT2D eigenvalue weighted by atomic mass is 19.1. The summed E-state index contributed by atoms with van der Waals surface area (Å²) in [4.78, 5) is 0. The third-order valence-corrected chi connectivity index (χ3v) is 3.11. The maximum atomic E-state index is 13.1. The molecule has 0 unspecified atom stereocenters. The number of hydrogen-bond acceptors (Lipinski definition) is 2. The van der Waals surface area contributed by atoms with Crippen molar-refractivity contribution in [1.29, 1.82) is 0 Å². The lowest BCUT2D eigenvalue weighted by Gasteiger charge is -2.17. The van der Waals surface area contributed by atoms with Gasteiger partial charge in [-0.3, -0.25) is 0 Å².